The molecule has 3 rings (SSSR count). The van der Waals surface area contributed by atoms with Gasteiger partial charge in [0.05, 0.1) is 16.5 Å². The van der Waals surface area contributed by atoms with Crippen molar-refractivity contribution in [2.75, 3.05) is 0 Å². The SMILES string of the molecule is N#C/C(=C\c1ccc(F)cc1)c1nc2ccc(Br)cc2c(=O)[nH]1. The van der Waals surface area contributed by atoms with Crippen molar-refractivity contribution in [1.29, 1.82) is 5.26 Å². The summed E-state index contributed by atoms with van der Waals surface area (Å²) in [4.78, 5) is 19.1. The van der Waals surface area contributed by atoms with E-state index in [-0.39, 0.29) is 22.8 Å². The van der Waals surface area contributed by atoms with E-state index in [4.69, 9.17) is 0 Å². The van der Waals surface area contributed by atoms with E-state index < -0.39 is 0 Å². The lowest BCUT2D eigenvalue weighted by molar-refractivity contribution is 0.628. The molecule has 0 aliphatic carbocycles. The first-order valence-corrected chi connectivity index (χ1v) is 7.43. The van der Waals surface area contributed by atoms with E-state index in [1.165, 1.54) is 12.1 Å². The highest BCUT2D eigenvalue weighted by molar-refractivity contribution is 9.10. The molecular formula is C17H9BrFN3O. The Labute approximate surface area is 139 Å². The van der Waals surface area contributed by atoms with Crippen LogP contribution in [0.2, 0.25) is 0 Å². The Hall–Kier alpha value is -2.78. The summed E-state index contributed by atoms with van der Waals surface area (Å²) in [5.74, 6) is -0.180. The topological polar surface area (TPSA) is 69.5 Å². The maximum Gasteiger partial charge on any atom is 0.259 e. The second-order valence-corrected chi connectivity index (χ2v) is 5.71. The van der Waals surface area contributed by atoms with Crippen LogP contribution < -0.4 is 5.56 Å². The van der Waals surface area contributed by atoms with Gasteiger partial charge in [-0.15, -0.1) is 0 Å². The first-order chi connectivity index (χ1) is 11.1. The molecule has 1 N–H and O–H groups in total. The number of nitrogens with zero attached hydrogens (tertiary/aromatic N) is 2. The number of H-pyrrole nitrogens is 1. The third kappa shape index (κ3) is 3.20. The standard InChI is InChI=1S/C17H9BrFN3O/c18-12-3-6-15-14(8-12)17(23)22-16(21-15)11(9-20)7-10-1-4-13(19)5-2-10/h1-8H,(H,21,22,23)/b11-7+. The number of aromatic amines is 1. The van der Waals surface area contributed by atoms with E-state index in [0.29, 0.717) is 16.5 Å². The van der Waals surface area contributed by atoms with Gasteiger partial charge in [0, 0.05) is 4.47 Å². The van der Waals surface area contributed by atoms with Crippen LogP contribution >= 0.6 is 15.9 Å². The monoisotopic (exact) mass is 369 g/mol. The van der Waals surface area contributed by atoms with E-state index in [1.54, 1.807) is 36.4 Å². The predicted octanol–water partition coefficient (Wildman–Crippen LogP) is 3.89. The van der Waals surface area contributed by atoms with Gasteiger partial charge in [0.15, 0.2) is 5.82 Å². The quantitative estimate of drug-likeness (QED) is 0.696. The van der Waals surface area contributed by atoms with E-state index in [9.17, 15) is 14.4 Å². The van der Waals surface area contributed by atoms with Crippen molar-refractivity contribution in [1.82, 2.24) is 9.97 Å². The number of aromatic nitrogens is 2. The number of hydrogen-bond donors (Lipinski definition) is 1. The summed E-state index contributed by atoms with van der Waals surface area (Å²) >= 11 is 3.30. The normalized spacial score (nSPS) is 11.4. The van der Waals surface area contributed by atoms with Crippen molar-refractivity contribution in [2.24, 2.45) is 0 Å². The zero-order valence-corrected chi connectivity index (χ0v) is 13.3. The summed E-state index contributed by atoms with van der Waals surface area (Å²) in [5, 5.41) is 9.77. The summed E-state index contributed by atoms with van der Waals surface area (Å²) in [6.45, 7) is 0. The van der Waals surface area contributed by atoms with Crippen LogP contribution in [0.25, 0.3) is 22.6 Å². The summed E-state index contributed by atoms with van der Waals surface area (Å²) < 4.78 is 13.7. The van der Waals surface area contributed by atoms with E-state index in [1.807, 2.05) is 6.07 Å². The number of rotatable bonds is 2. The molecule has 6 heteroatoms. The van der Waals surface area contributed by atoms with E-state index >= 15 is 0 Å². The fourth-order valence-electron chi connectivity index (χ4n) is 2.12. The van der Waals surface area contributed by atoms with E-state index in [0.717, 1.165) is 4.47 Å². The summed E-state index contributed by atoms with van der Waals surface area (Å²) in [6, 6.07) is 12.8. The Kier molecular flexibility index (Phi) is 4.04. The van der Waals surface area contributed by atoms with Crippen molar-refractivity contribution >= 4 is 38.5 Å². The van der Waals surface area contributed by atoms with Crippen LogP contribution in [0, 0.1) is 17.1 Å². The molecular weight excluding hydrogens is 361 g/mol. The number of nitriles is 1. The van der Waals surface area contributed by atoms with E-state index in [2.05, 4.69) is 25.9 Å². The molecule has 2 aromatic carbocycles. The van der Waals surface area contributed by atoms with Gasteiger partial charge in [-0.25, -0.2) is 9.37 Å². The minimum absolute atomic E-state index is 0.177. The van der Waals surface area contributed by atoms with Gasteiger partial charge in [-0.05, 0) is 42.0 Å². The van der Waals surface area contributed by atoms with Gasteiger partial charge in [-0.3, -0.25) is 4.79 Å². The summed E-state index contributed by atoms with van der Waals surface area (Å²) in [5.41, 5.74) is 0.999. The third-order valence-electron chi connectivity index (χ3n) is 3.22. The van der Waals surface area contributed by atoms with Gasteiger partial charge in [0.2, 0.25) is 0 Å². The Bertz CT molecular complexity index is 1020. The smallest absolute Gasteiger partial charge is 0.259 e. The number of benzene rings is 2. The molecule has 0 bridgehead atoms. The number of nitrogens with one attached hydrogen (secondary N) is 1. The number of hydrogen-bond acceptors (Lipinski definition) is 3. The highest BCUT2D eigenvalue weighted by Gasteiger charge is 2.09. The molecule has 112 valence electrons. The van der Waals surface area contributed by atoms with Gasteiger partial charge in [0.1, 0.15) is 11.9 Å². The predicted molar refractivity (Wildman–Crippen MR) is 89.9 cm³/mol. The highest BCUT2D eigenvalue weighted by atomic mass is 79.9. The van der Waals surface area contributed by atoms with Crippen molar-refractivity contribution in [2.45, 2.75) is 0 Å². The van der Waals surface area contributed by atoms with Crippen LogP contribution in [-0.4, -0.2) is 9.97 Å². The fraction of sp³-hybridized carbons (Fsp3) is 0. The van der Waals surface area contributed by atoms with Crippen LogP contribution in [0.1, 0.15) is 11.4 Å². The first kappa shape index (κ1) is 15.1. The van der Waals surface area contributed by atoms with Crippen molar-refractivity contribution in [3.05, 3.63) is 74.5 Å². The maximum atomic E-state index is 12.9. The number of fused-ring (bicyclic) bond motifs is 1. The molecule has 3 aromatic rings. The zero-order chi connectivity index (χ0) is 16.4. The molecule has 0 saturated carbocycles. The van der Waals surface area contributed by atoms with Crippen LogP contribution in [0.5, 0.6) is 0 Å². The lowest BCUT2D eigenvalue weighted by atomic mass is 10.1. The zero-order valence-electron chi connectivity index (χ0n) is 11.7. The molecule has 0 aliphatic rings. The third-order valence-corrected chi connectivity index (χ3v) is 3.72. The van der Waals surface area contributed by atoms with Gasteiger partial charge in [-0.2, -0.15) is 5.26 Å². The van der Waals surface area contributed by atoms with Crippen molar-refractivity contribution < 1.29 is 4.39 Å². The minimum Gasteiger partial charge on any atom is -0.305 e. The number of allylic oxidation sites excluding steroid dienone is 1. The molecule has 0 atom stereocenters. The Morgan fingerprint density at radius 2 is 2.00 bits per heavy atom. The van der Waals surface area contributed by atoms with Crippen molar-refractivity contribution in [3.8, 4) is 6.07 Å². The average molecular weight is 370 g/mol. The van der Waals surface area contributed by atoms with Gasteiger partial charge in [-0.1, -0.05) is 28.1 Å². The van der Waals surface area contributed by atoms with Gasteiger partial charge >= 0.3 is 0 Å². The lowest BCUT2D eigenvalue weighted by Gasteiger charge is -2.03. The number of halogens is 2. The fourth-order valence-corrected chi connectivity index (χ4v) is 2.48. The molecule has 1 heterocycles. The van der Waals surface area contributed by atoms with Gasteiger partial charge < -0.3 is 4.98 Å². The average Bonchev–Trinajstić information content (AvgIpc) is 2.55. The summed E-state index contributed by atoms with van der Waals surface area (Å²) in [7, 11) is 0. The molecule has 0 unspecified atom stereocenters. The van der Waals surface area contributed by atoms with Crippen LogP contribution in [0.15, 0.2) is 51.7 Å². The molecule has 0 radical (unpaired) electrons. The van der Waals surface area contributed by atoms with Gasteiger partial charge in [0.25, 0.3) is 5.56 Å². The van der Waals surface area contributed by atoms with Crippen LogP contribution in [-0.2, 0) is 0 Å². The molecule has 0 spiro atoms. The molecule has 0 saturated heterocycles. The first-order valence-electron chi connectivity index (χ1n) is 6.64. The molecule has 4 nitrogen and oxygen atoms in total. The molecule has 0 fully saturated rings. The summed E-state index contributed by atoms with van der Waals surface area (Å²) in [6.07, 6.45) is 1.54. The minimum atomic E-state index is -0.358. The highest BCUT2D eigenvalue weighted by Crippen LogP contribution is 2.18. The largest absolute Gasteiger partial charge is 0.305 e. The lowest BCUT2D eigenvalue weighted by Crippen LogP contribution is -2.11. The molecule has 1 aromatic heterocycles. The molecule has 0 amide bonds. The Morgan fingerprint density at radius 1 is 1.26 bits per heavy atom. The maximum absolute atomic E-state index is 12.9. The Morgan fingerprint density at radius 3 is 2.70 bits per heavy atom. The van der Waals surface area contributed by atoms with Crippen molar-refractivity contribution in [3.63, 3.8) is 0 Å². The second kappa shape index (κ2) is 6.15. The second-order valence-electron chi connectivity index (χ2n) is 4.80. The molecule has 0 aliphatic heterocycles. The van der Waals surface area contributed by atoms with Crippen LogP contribution in [0.3, 0.4) is 0 Å². The van der Waals surface area contributed by atoms with Crippen LogP contribution in [0.4, 0.5) is 4.39 Å². The molecule has 23 heavy (non-hydrogen) atoms. The Balaban J connectivity index is 2.14.